The molecule has 3 aromatic carbocycles. The van der Waals surface area contributed by atoms with Crippen molar-refractivity contribution < 1.29 is 4.42 Å². The number of rotatable bonds is 1. The van der Waals surface area contributed by atoms with Gasteiger partial charge in [-0.1, -0.05) is 60.7 Å². The maximum absolute atomic E-state index is 6.00. The number of fused-ring (bicyclic) bond motifs is 6. The van der Waals surface area contributed by atoms with Gasteiger partial charge < -0.3 is 4.42 Å². The number of hydrogen-bond donors (Lipinski definition) is 0. The average Bonchev–Trinajstić information content (AvgIpc) is 3.11. The summed E-state index contributed by atoms with van der Waals surface area (Å²) in [6, 6.07) is 26.7. The maximum atomic E-state index is 6.00. The van der Waals surface area contributed by atoms with Crippen molar-refractivity contribution in [3.8, 4) is 11.4 Å². The minimum Gasteiger partial charge on any atom is -0.456 e. The predicted octanol–water partition coefficient (Wildman–Crippen LogP) is 6.35. The van der Waals surface area contributed by atoms with Gasteiger partial charge in [-0.25, -0.2) is 4.98 Å². The van der Waals surface area contributed by atoms with Crippen molar-refractivity contribution in [1.29, 1.82) is 0 Å². The second-order valence-corrected chi connectivity index (χ2v) is 6.72. The molecule has 3 heterocycles. The van der Waals surface area contributed by atoms with E-state index in [4.69, 9.17) is 9.40 Å². The molecule has 6 aromatic rings. The lowest BCUT2D eigenvalue weighted by Crippen LogP contribution is -1.89. The maximum Gasteiger partial charge on any atom is 0.139 e. The normalized spacial score (nSPS) is 11.7. The summed E-state index contributed by atoms with van der Waals surface area (Å²) in [7, 11) is 0. The summed E-state index contributed by atoms with van der Waals surface area (Å²) in [5.41, 5.74) is 4.37. The Labute approximate surface area is 154 Å². The highest BCUT2D eigenvalue weighted by molar-refractivity contribution is 6.06. The Balaban J connectivity index is 1.60. The van der Waals surface area contributed by atoms with Gasteiger partial charge in [-0.3, -0.25) is 4.98 Å². The van der Waals surface area contributed by atoms with Crippen LogP contribution in [-0.2, 0) is 0 Å². The number of hydrogen-bond acceptors (Lipinski definition) is 3. The van der Waals surface area contributed by atoms with Gasteiger partial charge in [0.05, 0.1) is 16.9 Å². The van der Waals surface area contributed by atoms with Crippen molar-refractivity contribution in [2.24, 2.45) is 0 Å². The molecule has 0 bridgehead atoms. The van der Waals surface area contributed by atoms with Crippen molar-refractivity contribution in [3.05, 3.63) is 85.1 Å². The molecule has 3 aromatic heterocycles. The molecule has 0 aliphatic heterocycles. The first-order valence-electron chi connectivity index (χ1n) is 8.93. The fourth-order valence-electron chi connectivity index (χ4n) is 3.76. The molecule has 0 saturated carbocycles. The zero-order chi connectivity index (χ0) is 17.8. The molecule has 0 atom stereocenters. The van der Waals surface area contributed by atoms with E-state index >= 15 is 0 Å². The van der Waals surface area contributed by atoms with Crippen LogP contribution in [0.3, 0.4) is 0 Å². The van der Waals surface area contributed by atoms with Crippen LogP contribution in [0.4, 0.5) is 0 Å². The molecule has 126 valence electrons. The van der Waals surface area contributed by atoms with Crippen LogP contribution in [0.25, 0.3) is 55.0 Å². The Morgan fingerprint density at radius 3 is 2.33 bits per heavy atom. The fraction of sp³-hybridized carbons (Fsp3) is 0. The quantitative estimate of drug-likeness (QED) is 0.326. The second-order valence-electron chi connectivity index (χ2n) is 6.72. The van der Waals surface area contributed by atoms with Gasteiger partial charge >= 0.3 is 0 Å². The molecule has 0 radical (unpaired) electrons. The molecule has 0 aliphatic rings. The molecular weight excluding hydrogens is 332 g/mol. The van der Waals surface area contributed by atoms with Gasteiger partial charge in [0.2, 0.25) is 0 Å². The van der Waals surface area contributed by atoms with Crippen LogP contribution in [0.2, 0.25) is 0 Å². The third-order valence-electron chi connectivity index (χ3n) is 5.11. The van der Waals surface area contributed by atoms with Gasteiger partial charge in [-0.05, 0) is 17.5 Å². The Bertz CT molecular complexity index is 1480. The molecule has 0 N–H and O–H groups in total. The van der Waals surface area contributed by atoms with Crippen LogP contribution in [0.15, 0.2) is 89.5 Å². The summed E-state index contributed by atoms with van der Waals surface area (Å²) in [5, 5.41) is 5.59. The van der Waals surface area contributed by atoms with E-state index in [0.717, 1.165) is 49.6 Å². The van der Waals surface area contributed by atoms with Crippen molar-refractivity contribution in [1.82, 2.24) is 9.97 Å². The largest absolute Gasteiger partial charge is 0.456 e. The van der Waals surface area contributed by atoms with E-state index < -0.39 is 0 Å². The van der Waals surface area contributed by atoms with E-state index in [1.165, 1.54) is 5.39 Å². The second kappa shape index (κ2) is 5.39. The highest BCUT2D eigenvalue weighted by atomic mass is 16.3. The molecule has 0 aliphatic carbocycles. The number of pyridine rings is 2. The Morgan fingerprint density at radius 1 is 0.593 bits per heavy atom. The standard InChI is InChI=1S/C24H14N2O/c1-2-6-17-15(5-1)9-10-16-11-12-20(26-24(16)17)21-13-23-19(14-25-21)18-7-3-4-8-22(18)27-23/h1-14H. The van der Waals surface area contributed by atoms with Gasteiger partial charge in [0.15, 0.2) is 0 Å². The van der Waals surface area contributed by atoms with Gasteiger partial charge in [0.25, 0.3) is 0 Å². The van der Waals surface area contributed by atoms with E-state index in [2.05, 4.69) is 53.5 Å². The Morgan fingerprint density at radius 2 is 1.37 bits per heavy atom. The minimum atomic E-state index is 0.816. The van der Waals surface area contributed by atoms with Gasteiger partial charge in [0.1, 0.15) is 11.2 Å². The first kappa shape index (κ1) is 14.4. The van der Waals surface area contributed by atoms with Crippen LogP contribution >= 0.6 is 0 Å². The Kier molecular flexibility index (Phi) is 2.88. The van der Waals surface area contributed by atoms with Crippen LogP contribution in [0, 0.1) is 0 Å². The van der Waals surface area contributed by atoms with Gasteiger partial charge in [-0.2, -0.15) is 0 Å². The first-order valence-corrected chi connectivity index (χ1v) is 8.93. The van der Waals surface area contributed by atoms with Crippen molar-refractivity contribution in [3.63, 3.8) is 0 Å². The van der Waals surface area contributed by atoms with E-state index in [-0.39, 0.29) is 0 Å². The molecule has 6 rings (SSSR count). The first-order chi connectivity index (χ1) is 13.4. The molecule has 27 heavy (non-hydrogen) atoms. The van der Waals surface area contributed by atoms with Crippen molar-refractivity contribution in [2.45, 2.75) is 0 Å². The third kappa shape index (κ3) is 2.15. The van der Waals surface area contributed by atoms with E-state index in [1.54, 1.807) is 0 Å². The molecule has 3 heteroatoms. The Hall–Kier alpha value is -3.72. The SMILES string of the molecule is c1ccc2c(c1)ccc1ccc(-c3cc4oc5ccccc5c4cn3)nc12. The molecule has 0 unspecified atom stereocenters. The molecule has 0 fully saturated rings. The number of nitrogens with zero attached hydrogens (tertiary/aromatic N) is 2. The van der Waals surface area contributed by atoms with Crippen molar-refractivity contribution >= 4 is 43.6 Å². The summed E-state index contributed by atoms with van der Waals surface area (Å²) in [5.74, 6) is 0. The van der Waals surface area contributed by atoms with Crippen LogP contribution in [0.5, 0.6) is 0 Å². The predicted molar refractivity (Wildman–Crippen MR) is 110 cm³/mol. The zero-order valence-corrected chi connectivity index (χ0v) is 14.4. The van der Waals surface area contributed by atoms with Gasteiger partial charge in [0, 0.05) is 33.8 Å². The number of aromatic nitrogens is 2. The monoisotopic (exact) mass is 346 g/mol. The summed E-state index contributed by atoms with van der Waals surface area (Å²) < 4.78 is 6.00. The molecular formula is C24H14N2O. The molecule has 0 saturated heterocycles. The lowest BCUT2D eigenvalue weighted by atomic mass is 10.1. The van der Waals surface area contributed by atoms with E-state index in [0.29, 0.717) is 0 Å². The van der Waals surface area contributed by atoms with E-state index in [1.807, 2.05) is 36.5 Å². The summed E-state index contributed by atoms with van der Waals surface area (Å²) >= 11 is 0. The van der Waals surface area contributed by atoms with Gasteiger partial charge in [-0.15, -0.1) is 0 Å². The highest BCUT2D eigenvalue weighted by Crippen LogP contribution is 2.31. The fourth-order valence-corrected chi connectivity index (χ4v) is 3.76. The number of para-hydroxylation sites is 1. The minimum absolute atomic E-state index is 0.816. The van der Waals surface area contributed by atoms with Crippen molar-refractivity contribution in [2.75, 3.05) is 0 Å². The highest BCUT2D eigenvalue weighted by Gasteiger charge is 2.11. The average molecular weight is 346 g/mol. The van der Waals surface area contributed by atoms with Crippen LogP contribution in [0.1, 0.15) is 0 Å². The van der Waals surface area contributed by atoms with E-state index in [9.17, 15) is 0 Å². The summed E-state index contributed by atoms with van der Waals surface area (Å²) in [6.07, 6.45) is 1.88. The topological polar surface area (TPSA) is 38.9 Å². The molecule has 3 nitrogen and oxygen atoms in total. The third-order valence-corrected chi connectivity index (χ3v) is 5.11. The summed E-state index contributed by atoms with van der Waals surface area (Å²) in [4.78, 5) is 9.59. The number of furan rings is 1. The smallest absolute Gasteiger partial charge is 0.139 e. The molecule has 0 spiro atoms. The lowest BCUT2D eigenvalue weighted by molar-refractivity contribution is 0.668. The van der Waals surface area contributed by atoms with Crippen LogP contribution in [-0.4, -0.2) is 9.97 Å². The molecule has 0 amide bonds. The lowest BCUT2D eigenvalue weighted by Gasteiger charge is -2.06. The zero-order valence-electron chi connectivity index (χ0n) is 14.4. The summed E-state index contributed by atoms with van der Waals surface area (Å²) in [6.45, 7) is 0. The number of benzene rings is 3. The van der Waals surface area contributed by atoms with Crippen LogP contribution < -0.4 is 0 Å².